The maximum absolute atomic E-state index is 14.8. The van der Waals surface area contributed by atoms with Crippen LogP contribution in [-0.2, 0) is 39.8 Å². The number of hydrogen-bond acceptors (Lipinski definition) is 10. The van der Waals surface area contributed by atoms with Gasteiger partial charge in [-0.15, -0.1) is 0 Å². The molecule has 1 aromatic carbocycles. The van der Waals surface area contributed by atoms with E-state index >= 15 is 0 Å². The van der Waals surface area contributed by atoms with Crippen LogP contribution >= 0.6 is 0 Å². The molecule has 11 heteroatoms. The Hall–Kier alpha value is -3.41. The highest BCUT2D eigenvalue weighted by molar-refractivity contribution is 6.04. The van der Waals surface area contributed by atoms with E-state index in [1.165, 1.54) is 5.56 Å². The van der Waals surface area contributed by atoms with Crippen LogP contribution in [0.5, 0.6) is 0 Å². The molecule has 3 fully saturated rings. The summed E-state index contributed by atoms with van der Waals surface area (Å²) in [5, 5.41) is 12.3. The number of ketones is 2. The van der Waals surface area contributed by atoms with Crippen molar-refractivity contribution in [2.45, 2.75) is 163 Å². The van der Waals surface area contributed by atoms with Gasteiger partial charge >= 0.3 is 12.1 Å². The van der Waals surface area contributed by atoms with E-state index in [0.29, 0.717) is 38.6 Å². The number of unbranched alkanes of at least 4 members (excludes halogenated alkanes) is 1. The summed E-state index contributed by atoms with van der Waals surface area (Å²) in [5.41, 5.74) is -1.60. The van der Waals surface area contributed by atoms with Crippen molar-refractivity contribution >= 4 is 34.5 Å². The fraction of sp³-hybridized carbons (Fsp3) is 0.711. The average Bonchev–Trinajstić information content (AvgIpc) is 3.45. The Labute approximate surface area is 333 Å². The number of nitrogens with zero attached hydrogens (tertiary/aromatic N) is 2. The normalized spacial score (nSPS) is 35.5. The summed E-state index contributed by atoms with van der Waals surface area (Å²) in [5.74, 6) is -3.29. The summed E-state index contributed by atoms with van der Waals surface area (Å²) in [6.07, 6.45) is 1.30. The first kappa shape index (κ1) is 43.7. The van der Waals surface area contributed by atoms with Gasteiger partial charge in [0.25, 0.3) is 0 Å². The lowest BCUT2D eigenvalue weighted by atomic mass is 9.67. The van der Waals surface area contributed by atoms with E-state index in [0.717, 1.165) is 23.7 Å². The molecule has 11 atom stereocenters. The molecule has 0 spiro atoms. The van der Waals surface area contributed by atoms with Crippen LogP contribution in [0.2, 0.25) is 0 Å². The third kappa shape index (κ3) is 8.42. The predicted octanol–water partition coefficient (Wildman–Crippen LogP) is 7.87. The summed E-state index contributed by atoms with van der Waals surface area (Å²) in [4.78, 5) is 63.8. The van der Waals surface area contributed by atoms with E-state index in [1.807, 2.05) is 85.9 Å². The Morgan fingerprint density at radius 3 is 2.32 bits per heavy atom. The number of carbonyl (C=O) groups excluding carboxylic acids is 4. The summed E-state index contributed by atoms with van der Waals surface area (Å²) >= 11 is 0. The van der Waals surface area contributed by atoms with Crippen LogP contribution in [0.3, 0.4) is 0 Å². The third-order valence-electron chi connectivity index (χ3n) is 13.1. The van der Waals surface area contributed by atoms with Gasteiger partial charge in [0.05, 0.1) is 23.8 Å². The first-order chi connectivity index (χ1) is 26.3. The number of aliphatic hydroxyl groups is 1. The molecule has 5 rings (SSSR count). The SMILES string of the molecule is CC[C@H]1OC(=O)C(C)(C)C(=O)[C@H](C)[C@@H](OC2O[C@H](C)C[C@H](C)[C@H]2O)C(C)(C)C[C@@H](C)C(=O)[C@H](C)[C@H]2N(CCCCc3ccnc4ccccc34)C(=O)O[C@]12CC. The minimum atomic E-state index is -1.60. The molecule has 0 aliphatic carbocycles. The van der Waals surface area contributed by atoms with E-state index in [9.17, 15) is 24.3 Å². The van der Waals surface area contributed by atoms with Crippen molar-refractivity contribution in [3.8, 4) is 0 Å². The standard InChI is InChI=1S/C45H66N2O9/c1-12-34-45(13-2)37(47(42(52)56-45)23-17-16-18-31-21-22-46-33-20-15-14-19-32(31)33)29(6)35(48)27(4)25-43(8,9)39(30(7)38(50)44(10,11)41(51)54-34)55-40-36(49)26(3)24-28(5)53-40/h14-15,19-22,26-30,34,36-37,39-40,49H,12-13,16-18,23-25H2,1-11H3/t26-,27+,28+,29-,30-,34+,36+,37+,39+,40?,45+/m0/s1. The highest BCUT2D eigenvalue weighted by Gasteiger charge is 2.62. The lowest BCUT2D eigenvalue weighted by Gasteiger charge is -2.46. The van der Waals surface area contributed by atoms with Crippen molar-refractivity contribution in [1.29, 1.82) is 0 Å². The maximum atomic E-state index is 14.8. The first-order valence-corrected chi connectivity index (χ1v) is 20.9. The number of esters is 1. The molecule has 1 unspecified atom stereocenters. The van der Waals surface area contributed by atoms with Gasteiger partial charge in [-0.25, -0.2) is 4.79 Å². The molecule has 0 bridgehead atoms. The van der Waals surface area contributed by atoms with E-state index in [4.69, 9.17) is 18.9 Å². The number of cyclic esters (lactones) is 1. The van der Waals surface area contributed by atoms with Gasteiger partial charge in [-0.2, -0.15) is 0 Å². The molecule has 0 radical (unpaired) electrons. The van der Waals surface area contributed by atoms with Crippen molar-refractivity contribution < 1.29 is 43.2 Å². The molecule has 11 nitrogen and oxygen atoms in total. The number of pyridine rings is 1. The minimum absolute atomic E-state index is 0.0556. The van der Waals surface area contributed by atoms with Crippen LogP contribution in [0, 0.1) is 34.5 Å². The zero-order chi connectivity index (χ0) is 41.3. The molecule has 56 heavy (non-hydrogen) atoms. The molecule has 1 N–H and O–H groups in total. The van der Waals surface area contributed by atoms with Gasteiger partial charge in [-0.05, 0) is 94.7 Å². The van der Waals surface area contributed by atoms with Crippen molar-refractivity contribution in [2.24, 2.45) is 34.5 Å². The van der Waals surface area contributed by atoms with Crippen molar-refractivity contribution in [3.63, 3.8) is 0 Å². The molecule has 1 aromatic heterocycles. The zero-order valence-electron chi connectivity index (χ0n) is 35.5. The highest BCUT2D eigenvalue weighted by atomic mass is 16.7. The number of hydrogen-bond donors (Lipinski definition) is 1. The van der Waals surface area contributed by atoms with Crippen molar-refractivity contribution in [1.82, 2.24) is 9.88 Å². The molecule has 1 amide bonds. The molecular weight excluding hydrogens is 712 g/mol. The molecule has 2 aromatic rings. The van der Waals surface area contributed by atoms with Crippen LogP contribution in [0.1, 0.15) is 120 Å². The lowest BCUT2D eigenvalue weighted by Crippen LogP contribution is -2.60. The van der Waals surface area contributed by atoms with Gasteiger partial charge in [0, 0.05) is 35.9 Å². The Kier molecular flexibility index (Phi) is 13.4. The molecular formula is C45H66N2O9. The number of fused-ring (bicyclic) bond motifs is 2. The largest absolute Gasteiger partial charge is 0.457 e. The molecule has 3 aliphatic heterocycles. The van der Waals surface area contributed by atoms with Crippen LogP contribution in [0.15, 0.2) is 36.5 Å². The lowest BCUT2D eigenvalue weighted by molar-refractivity contribution is -0.284. The monoisotopic (exact) mass is 778 g/mol. The van der Waals surface area contributed by atoms with Gasteiger partial charge in [0.1, 0.15) is 23.4 Å². The average molecular weight is 779 g/mol. The molecule has 4 heterocycles. The maximum Gasteiger partial charge on any atom is 0.410 e. The molecule has 0 saturated carbocycles. The van der Waals surface area contributed by atoms with Gasteiger partial charge in [0.2, 0.25) is 0 Å². The number of carbonyl (C=O) groups is 4. The number of para-hydroxylation sites is 1. The number of benzene rings is 1. The van der Waals surface area contributed by atoms with E-state index in [1.54, 1.807) is 25.7 Å². The second-order valence-electron chi connectivity index (χ2n) is 18.2. The van der Waals surface area contributed by atoms with Gasteiger partial charge in [0.15, 0.2) is 17.7 Å². The molecule has 310 valence electrons. The summed E-state index contributed by atoms with van der Waals surface area (Å²) < 4.78 is 25.4. The molecule has 3 aliphatic rings. The quantitative estimate of drug-likeness (QED) is 0.152. The van der Waals surface area contributed by atoms with Gasteiger partial charge in [-0.1, -0.05) is 73.6 Å². The van der Waals surface area contributed by atoms with E-state index in [-0.39, 0.29) is 23.6 Å². The molecule has 3 saturated heterocycles. The number of rotatable bonds is 9. The summed E-state index contributed by atoms with van der Waals surface area (Å²) in [7, 11) is 0. The Morgan fingerprint density at radius 2 is 1.64 bits per heavy atom. The summed E-state index contributed by atoms with van der Waals surface area (Å²) in [6.45, 7) is 20.5. The Balaban J connectivity index is 1.49. The van der Waals surface area contributed by atoms with Gasteiger partial charge in [-0.3, -0.25) is 19.4 Å². The fourth-order valence-electron chi connectivity index (χ4n) is 10.1. The second-order valence-corrected chi connectivity index (χ2v) is 18.2. The van der Waals surface area contributed by atoms with Crippen molar-refractivity contribution in [2.75, 3.05) is 6.54 Å². The first-order valence-electron chi connectivity index (χ1n) is 20.9. The van der Waals surface area contributed by atoms with Crippen LogP contribution in [0.25, 0.3) is 10.9 Å². The smallest absolute Gasteiger partial charge is 0.410 e. The fourth-order valence-corrected chi connectivity index (χ4v) is 10.1. The minimum Gasteiger partial charge on any atom is -0.457 e. The highest BCUT2D eigenvalue weighted by Crippen LogP contribution is 2.46. The third-order valence-corrected chi connectivity index (χ3v) is 13.1. The van der Waals surface area contributed by atoms with E-state index < -0.39 is 76.9 Å². The van der Waals surface area contributed by atoms with Crippen molar-refractivity contribution in [3.05, 3.63) is 42.1 Å². The van der Waals surface area contributed by atoms with Crippen LogP contribution < -0.4 is 0 Å². The van der Waals surface area contributed by atoms with Crippen LogP contribution in [0.4, 0.5) is 4.79 Å². The van der Waals surface area contributed by atoms with Gasteiger partial charge < -0.3 is 29.0 Å². The number of ether oxygens (including phenoxy) is 4. The topological polar surface area (TPSA) is 142 Å². The summed E-state index contributed by atoms with van der Waals surface area (Å²) in [6, 6.07) is 9.35. The number of aromatic nitrogens is 1. The number of aryl methyl sites for hydroxylation is 1. The van der Waals surface area contributed by atoms with E-state index in [2.05, 4.69) is 11.1 Å². The number of Topliss-reactive ketones (excluding diaryl/α,β-unsaturated/α-hetero) is 2. The second kappa shape index (κ2) is 17.2. The zero-order valence-corrected chi connectivity index (χ0v) is 35.5. The number of amides is 1. The predicted molar refractivity (Wildman–Crippen MR) is 214 cm³/mol. The Morgan fingerprint density at radius 1 is 0.946 bits per heavy atom. The van der Waals surface area contributed by atoms with Crippen LogP contribution in [-0.4, -0.2) is 87.5 Å². The Bertz CT molecular complexity index is 1740. The number of aliphatic hydroxyl groups excluding tert-OH is 1.